The first kappa shape index (κ1) is 15.2. The quantitative estimate of drug-likeness (QED) is 0.796. The minimum atomic E-state index is -3.60. The van der Waals surface area contributed by atoms with Crippen LogP contribution in [0.15, 0.2) is 9.63 Å². The lowest BCUT2D eigenvalue weighted by molar-refractivity contribution is 0.417. The number of aromatic nitrogens is 3. The van der Waals surface area contributed by atoms with Gasteiger partial charge in [0.1, 0.15) is 0 Å². The molecule has 108 valence electrons. The van der Waals surface area contributed by atoms with Gasteiger partial charge in [-0.05, 0) is 40.6 Å². The van der Waals surface area contributed by atoms with E-state index in [9.17, 15) is 8.42 Å². The van der Waals surface area contributed by atoms with Crippen molar-refractivity contribution in [3.8, 4) is 0 Å². The highest BCUT2D eigenvalue weighted by Gasteiger charge is 2.30. The van der Waals surface area contributed by atoms with Crippen molar-refractivity contribution in [2.75, 3.05) is 12.4 Å². The Hall–Kier alpha value is -0.180. The third kappa shape index (κ3) is 3.29. The number of sulfonamides is 1. The highest BCUT2D eigenvalue weighted by molar-refractivity contribution is 9.10. The second kappa shape index (κ2) is 6.07. The molecule has 2 unspecified atom stereocenters. The standard InChI is InChI=1S/C10H16BrClN4O2S/c1-16-10(9(11)14-15-16)19(17,18)13-6-8-4-2-3-7(8)5-12/h7-8,13H,2-6H2,1H3. The van der Waals surface area contributed by atoms with Gasteiger partial charge in [-0.1, -0.05) is 11.6 Å². The van der Waals surface area contributed by atoms with Crippen LogP contribution in [0.5, 0.6) is 0 Å². The van der Waals surface area contributed by atoms with Crippen LogP contribution in [0.3, 0.4) is 0 Å². The van der Waals surface area contributed by atoms with Gasteiger partial charge in [0.2, 0.25) is 5.03 Å². The Kier molecular flexibility index (Phi) is 4.86. The van der Waals surface area contributed by atoms with E-state index in [4.69, 9.17) is 11.6 Å². The summed E-state index contributed by atoms with van der Waals surface area (Å²) >= 11 is 8.99. The number of rotatable bonds is 5. The van der Waals surface area contributed by atoms with Crippen LogP contribution in [0.2, 0.25) is 0 Å². The normalized spacial score (nSPS) is 23.9. The van der Waals surface area contributed by atoms with Gasteiger partial charge in [-0.3, -0.25) is 0 Å². The van der Waals surface area contributed by atoms with E-state index in [0.29, 0.717) is 24.3 Å². The Morgan fingerprint density at radius 3 is 2.74 bits per heavy atom. The summed E-state index contributed by atoms with van der Waals surface area (Å²) < 4.78 is 28.5. The third-order valence-corrected chi connectivity index (χ3v) is 6.25. The van der Waals surface area contributed by atoms with Crippen molar-refractivity contribution in [3.63, 3.8) is 0 Å². The number of nitrogens with zero attached hydrogens (tertiary/aromatic N) is 3. The molecular formula is C10H16BrClN4O2S. The molecule has 1 heterocycles. The smallest absolute Gasteiger partial charge is 0.235 e. The molecule has 1 N–H and O–H groups in total. The Balaban J connectivity index is 2.06. The van der Waals surface area contributed by atoms with Crippen molar-refractivity contribution in [1.29, 1.82) is 0 Å². The monoisotopic (exact) mass is 370 g/mol. The van der Waals surface area contributed by atoms with Gasteiger partial charge >= 0.3 is 0 Å². The number of halogens is 2. The summed E-state index contributed by atoms with van der Waals surface area (Å²) in [4.78, 5) is 0. The van der Waals surface area contributed by atoms with Gasteiger partial charge in [-0.15, -0.1) is 16.7 Å². The molecule has 0 spiro atoms. The molecule has 0 aromatic carbocycles. The van der Waals surface area contributed by atoms with E-state index >= 15 is 0 Å². The summed E-state index contributed by atoms with van der Waals surface area (Å²) in [5.74, 6) is 1.30. The van der Waals surface area contributed by atoms with E-state index in [1.807, 2.05) is 0 Å². The van der Waals surface area contributed by atoms with Crippen LogP contribution in [0.25, 0.3) is 0 Å². The second-order valence-electron chi connectivity index (χ2n) is 4.77. The average molecular weight is 372 g/mol. The van der Waals surface area contributed by atoms with Crippen LogP contribution in [-0.2, 0) is 17.1 Å². The van der Waals surface area contributed by atoms with Crippen LogP contribution in [0.4, 0.5) is 0 Å². The first-order valence-corrected chi connectivity index (χ1v) is 8.87. The summed E-state index contributed by atoms with van der Waals surface area (Å²) in [5, 5.41) is 7.40. The first-order chi connectivity index (χ1) is 8.95. The van der Waals surface area contributed by atoms with Crippen molar-refractivity contribution >= 4 is 37.6 Å². The molecule has 1 saturated carbocycles. The van der Waals surface area contributed by atoms with Gasteiger partial charge in [0.15, 0.2) is 4.60 Å². The van der Waals surface area contributed by atoms with Crippen molar-refractivity contribution in [1.82, 2.24) is 19.7 Å². The predicted molar refractivity (Wildman–Crippen MR) is 75.4 cm³/mol. The lowest BCUT2D eigenvalue weighted by Gasteiger charge is -2.17. The Morgan fingerprint density at radius 2 is 2.16 bits per heavy atom. The fourth-order valence-corrected chi connectivity index (χ4v) is 5.07. The largest absolute Gasteiger partial charge is 0.260 e. The molecule has 0 saturated heterocycles. The molecule has 1 aliphatic rings. The minimum absolute atomic E-state index is 0.0490. The maximum Gasteiger partial charge on any atom is 0.260 e. The molecule has 0 amide bonds. The Morgan fingerprint density at radius 1 is 1.47 bits per heavy atom. The molecule has 9 heteroatoms. The molecule has 0 radical (unpaired) electrons. The van der Waals surface area contributed by atoms with Crippen molar-refractivity contribution in [2.24, 2.45) is 18.9 Å². The zero-order valence-electron chi connectivity index (χ0n) is 10.5. The molecule has 2 atom stereocenters. The number of hydrogen-bond acceptors (Lipinski definition) is 4. The molecular weight excluding hydrogens is 356 g/mol. The van der Waals surface area contributed by atoms with Crippen molar-refractivity contribution < 1.29 is 8.42 Å². The van der Waals surface area contributed by atoms with E-state index in [1.54, 1.807) is 7.05 Å². The first-order valence-electron chi connectivity index (χ1n) is 6.06. The average Bonchev–Trinajstić information content (AvgIpc) is 2.93. The number of alkyl halides is 1. The van der Waals surface area contributed by atoms with Gasteiger partial charge < -0.3 is 0 Å². The minimum Gasteiger partial charge on any atom is -0.235 e. The molecule has 0 bridgehead atoms. The predicted octanol–water partition coefficient (Wildman–Crippen LogP) is 1.51. The maximum absolute atomic E-state index is 12.2. The van der Waals surface area contributed by atoms with Gasteiger partial charge in [0.05, 0.1) is 0 Å². The zero-order chi connectivity index (χ0) is 14.0. The zero-order valence-corrected chi connectivity index (χ0v) is 13.7. The van der Waals surface area contributed by atoms with Gasteiger partial charge in [0.25, 0.3) is 10.0 Å². The fraction of sp³-hybridized carbons (Fsp3) is 0.800. The molecule has 1 fully saturated rings. The van der Waals surface area contributed by atoms with Crippen molar-refractivity contribution in [3.05, 3.63) is 4.60 Å². The highest BCUT2D eigenvalue weighted by atomic mass is 79.9. The number of hydrogen-bond donors (Lipinski definition) is 1. The van der Waals surface area contributed by atoms with Crippen molar-refractivity contribution in [2.45, 2.75) is 24.3 Å². The van der Waals surface area contributed by atoms with E-state index in [-0.39, 0.29) is 9.63 Å². The Labute approximate surface area is 126 Å². The number of aryl methyl sites for hydroxylation is 1. The summed E-state index contributed by atoms with van der Waals surface area (Å²) in [6, 6.07) is 0. The lowest BCUT2D eigenvalue weighted by Crippen LogP contribution is -2.32. The topological polar surface area (TPSA) is 76.9 Å². The second-order valence-corrected chi connectivity index (χ2v) is 7.51. The van der Waals surface area contributed by atoms with Crippen LogP contribution >= 0.6 is 27.5 Å². The molecule has 1 aromatic rings. The maximum atomic E-state index is 12.2. The Bertz CT molecular complexity index is 528. The summed E-state index contributed by atoms with van der Waals surface area (Å²) in [7, 11) is -2.05. The van der Waals surface area contributed by atoms with Crippen LogP contribution in [-0.4, -0.2) is 35.8 Å². The third-order valence-electron chi connectivity index (χ3n) is 3.54. The van der Waals surface area contributed by atoms with E-state index < -0.39 is 10.0 Å². The van der Waals surface area contributed by atoms with Crippen LogP contribution < -0.4 is 4.72 Å². The van der Waals surface area contributed by atoms with E-state index in [2.05, 4.69) is 31.0 Å². The van der Waals surface area contributed by atoms with Gasteiger partial charge in [-0.2, -0.15) is 0 Å². The summed E-state index contributed by atoms with van der Waals surface area (Å²) in [6.45, 7) is 0.414. The van der Waals surface area contributed by atoms with Crippen LogP contribution in [0, 0.1) is 11.8 Å². The van der Waals surface area contributed by atoms with E-state index in [0.717, 1.165) is 19.3 Å². The summed E-state index contributed by atoms with van der Waals surface area (Å²) in [6.07, 6.45) is 3.21. The number of nitrogens with one attached hydrogen (secondary N) is 1. The molecule has 19 heavy (non-hydrogen) atoms. The molecule has 1 aliphatic carbocycles. The molecule has 6 nitrogen and oxygen atoms in total. The van der Waals surface area contributed by atoms with Gasteiger partial charge in [0, 0.05) is 19.5 Å². The van der Waals surface area contributed by atoms with Gasteiger partial charge in [-0.25, -0.2) is 17.8 Å². The van der Waals surface area contributed by atoms with Crippen LogP contribution in [0.1, 0.15) is 19.3 Å². The summed E-state index contributed by atoms with van der Waals surface area (Å²) in [5.41, 5.74) is 0. The highest BCUT2D eigenvalue weighted by Crippen LogP contribution is 2.32. The fourth-order valence-electron chi connectivity index (χ4n) is 2.48. The molecule has 0 aliphatic heterocycles. The lowest BCUT2D eigenvalue weighted by atomic mass is 9.98. The SMILES string of the molecule is Cn1nnc(Br)c1S(=O)(=O)NCC1CCCC1CCl. The molecule has 1 aromatic heterocycles. The van der Waals surface area contributed by atoms with E-state index in [1.165, 1.54) is 4.68 Å². The molecule has 2 rings (SSSR count).